The summed E-state index contributed by atoms with van der Waals surface area (Å²) in [5, 5.41) is 6.73. The second-order valence-electron chi connectivity index (χ2n) is 5.93. The summed E-state index contributed by atoms with van der Waals surface area (Å²) in [6, 6.07) is 3.79. The Hall–Kier alpha value is -1.98. The molecule has 1 aromatic heterocycles. The number of hydrogen-bond acceptors (Lipinski definition) is 3. The number of carbonyl (C=O) groups is 1. The molecule has 1 fully saturated rings. The Balaban J connectivity index is 1.92. The Kier molecular flexibility index (Phi) is 5.86. The molecule has 1 aliphatic carbocycles. The fraction of sp³-hybridized carbons (Fsp3) is 0.625. The van der Waals surface area contributed by atoms with Gasteiger partial charge in [0.15, 0.2) is 11.7 Å². The van der Waals surface area contributed by atoms with Crippen molar-refractivity contribution in [3.63, 3.8) is 0 Å². The van der Waals surface area contributed by atoms with E-state index in [1.807, 2.05) is 6.92 Å². The van der Waals surface area contributed by atoms with Gasteiger partial charge >= 0.3 is 0 Å². The van der Waals surface area contributed by atoms with Crippen molar-refractivity contribution in [3.05, 3.63) is 23.7 Å². The van der Waals surface area contributed by atoms with Gasteiger partial charge in [-0.15, -0.1) is 0 Å². The molecule has 2 rings (SSSR count). The van der Waals surface area contributed by atoms with Crippen molar-refractivity contribution in [2.45, 2.75) is 52.1 Å². The van der Waals surface area contributed by atoms with Crippen LogP contribution in [0, 0.1) is 5.92 Å². The maximum absolute atomic E-state index is 11.0. The van der Waals surface area contributed by atoms with Gasteiger partial charge in [-0.05, 0) is 50.7 Å². The summed E-state index contributed by atoms with van der Waals surface area (Å²) < 4.78 is 5.34. The highest BCUT2D eigenvalue weighted by Gasteiger charge is 2.18. The number of rotatable bonds is 5. The van der Waals surface area contributed by atoms with Gasteiger partial charge in [-0.1, -0.05) is 6.92 Å². The molecular weight excluding hydrogens is 280 g/mol. The number of aliphatic imine (C=N–C) groups is 1. The number of nitrogens with two attached hydrogens (primary N) is 1. The maximum Gasteiger partial charge on any atom is 0.284 e. The Labute approximate surface area is 131 Å². The predicted octanol–water partition coefficient (Wildman–Crippen LogP) is 2.01. The molecule has 0 unspecified atom stereocenters. The molecule has 0 aromatic carbocycles. The number of carbonyl (C=O) groups excluding carboxylic acids is 1. The monoisotopic (exact) mass is 306 g/mol. The molecule has 6 nitrogen and oxygen atoms in total. The topological polar surface area (TPSA) is 92.6 Å². The van der Waals surface area contributed by atoms with Gasteiger partial charge in [0, 0.05) is 12.6 Å². The van der Waals surface area contributed by atoms with Gasteiger partial charge in [-0.2, -0.15) is 0 Å². The lowest BCUT2D eigenvalue weighted by atomic mass is 9.87. The van der Waals surface area contributed by atoms with Crippen LogP contribution in [0.5, 0.6) is 0 Å². The lowest BCUT2D eigenvalue weighted by Gasteiger charge is -2.28. The molecule has 1 amide bonds. The van der Waals surface area contributed by atoms with E-state index in [-0.39, 0.29) is 5.76 Å². The molecule has 0 saturated heterocycles. The van der Waals surface area contributed by atoms with Crippen LogP contribution in [-0.2, 0) is 6.54 Å². The Morgan fingerprint density at radius 2 is 2.09 bits per heavy atom. The summed E-state index contributed by atoms with van der Waals surface area (Å²) in [6.07, 6.45) is 4.88. The summed E-state index contributed by atoms with van der Waals surface area (Å²) >= 11 is 0. The Bertz CT molecular complexity index is 516. The van der Waals surface area contributed by atoms with Crippen LogP contribution in [0.4, 0.5) is 0 Å². The summed E-state index contributed by atoms with van der Waals surface area (Å²) in [6.45, 7) is 5.53. The van der Waals surface area contributed by atoms with E-state index < -0.39 is 5.91 Å². The average Bonchev–Trinajstić information content (AvgIpc) is 2.96. The zero-order valence-corrected chi connectivity index (χ0v) is 13.4. The SMILES string of the molecule is CCNC(=NCc1ccc(C(N)=O)o1)NC1CCC(C)CC1. The van der Waals surface area contributed by atoms with E-state index in [0.717, 1.165) is 18.4 Å². The van der Waals surface area contributed by atoms with Crippen molar-refractivity contribution < 1.29 is 9.21 Å². The number of nitrogens with zero attached hydrogens (tertiary/aromatic N) is 1. The van der Waals surface area contributed by atoms with E-state index in [4.69, 9.17) is 10.2 Å². The summed E-state index contributed by atoms with van der Waals surface area (Å²) in [5.41, 5.74) is 5.17. The van der Waals surface area contributed by atoms with Crippen LogP contribution in [0.3, 0.4) is 0 Å². The van der Waals surface area contributed by atoms with Gasteiger partial charge in [-0.25, -0.2) is 4.99 Å². The molecule has 1 heterocycles. The highest BCUT2D eigenvalue weighted by molar-refractivity contribution is 5.89. The van der Waals surface area contributed by atoms with Crippen LogP contribution >= 0.6 is 0 Å². The van der Waals surface area contributed by atoms with E-state index in [9.17, 15) is 4.79 Å². The molecule has 0 atom stereocenters. The van der Waals surface area contributed by atoms with Crippen molar-refractivity contribution >= 4 is 11.9 Å². The third kappa shape index (κ3) is 4.79. The van der Waals surface area contributed by atoms with E-state index in [1.54, 1.807) is 12.1 Å². The average molecular weight is 306 g/mol. The standard InChI is InChI=1S/C16H26N4O2/c1-3-18-16(20-12-6-4-11(2)5-7-12)19-10-13-8-9-14(22-13)15(17)21/h8-9,11-12H,3-7,10H2,1-2H3,(H2,17,21)(H2,18,19,20). The van der Waals surface area contributed by atoms with Crippen LogP contribution in [0.1, 0.15) is 55.8 Å². The minimum Gasteiger partial charge on any atom is -0.454 e. The first-order valence-corrected chi connectivity index (χ1v) is 8.01. The highest BCUT2D eigenvalue weighted by Crippen LogP contribution is 2.23. The molecule has 122 valence electrons. The van der Waals surface area contributed by atoms with Crippen LogP contribution < -0.4 is 16.4 Å². The van der Waals surface area contributed by atoms with Crippen molar-refractivity contribution in [3.8, 4) is 0 Å². The lowest BCUT2D eigenvalue weighted by molar-refractivity contribution is 0.0972. The van der Waals surface area contributed by atoms with Gasteiger partial charge < -0.3 is 20.8 Å². The van der Waals surface area contributed by atoms with E-state index >= 15 is 0 Å². The molecule has 0 radical (unpaired) electrons. The van der Waals surface area contributed by atoms with Crippen molar-refractivity contribution in [2.24, 2.45) is 16.6 Å². The molecule has 6 heteroatoms. The quantitative estimate of drug-likeness (QED) is 0.573. The Morgan fingerprint density at radius 1 is 1.36 bits per heavy atom. The number of hydrogen-bond donors (Lipinski definition) is 3. The fourth-order valence-electron chi connectivity index (χ4n) is 2.67. The molecule has 0 spiro atoms. The second kappa shape index (κ2) is 7.87. The number of primary amides is 1. The van der Waals surface area contributed by atoms with E-state index in [0.29, 0.717) is 18.3 Å². The molecule has 0 bridgehead atoms. The summed E-state index contributed by atoms with van der Waals surface area (Å²) in [4.78, 5) is 15.5. The van der Waals surface area contributed by atoms with Gasteiger partial charge in [0.1, 0.15) is 12.3 Å². The van der Waals surface area contributed by atoms with Crippen molar-refractivity contribution in [1.82, 2.24) is 10.6 Å². The van der Waals surface area contributed by atoms with Crippen molar-refractivity contribution in [1.29, 1.82) is 0 Å². The largest absolute Gasteiger partial charge is 0.454 e. The minimum absolute atomic E-state index is 0.171. The molecule has 0 aliphatic heterocycles. The third-order valence-electron chi connectivity index (χ3n) is 4.00. The third-order valence-corrected chi connectivity index (χ3v) is 4.00. The maximum atomic E-state index is 11.0. The lowest BCUT2D eigenvalue weighted by Crippen LogP contribution is -2.44. The molecular formula is C16H26N4O2. The first-order chi connectivity index (χ1) is 10.6. The second-order valence-corrected chi connectivity index (χ2v) is 5.93. The summed E-state index contributed by atoms with van der Waals surface area (Å²) in [7, 11) is 0. The van der Waals surface area contributed by atoms with E-state index in [1.165, 1.54) is 25.7 Å². The van der Waals surface area contributed by atoms with Gasteiger partial charge in [-0.3, -0.25) is 4.79 Å². The van der Waals surface area contributed by atoms with Gasteiger partial charge in [0.25, 0.3) is 5.91 Å². The van der Waals surface area contributed by atoms with Gasteiger partial charge in [0.2, 0.25) is 0 Å². The van der Waals surface area contributed by atoms with E-state index in [2.05, 4.69) is 22.5 Å². The molecule has 1 saturated carbocycles. The molecule has 1 aliphatic rings. The van der Waals surface area contributed by atoms with Crippen LogP contribution in [0.15, 0.2) is 21.5 Å². The van der Waals surface area contributed by atoms with Crippen LogP contribution in [-0.4, -0.2) is 24.5 Å². The first-order valence-electron chi connectivity index (χ1n) is 8.01. The number of furan rings is 1. The van der Waals surface area contributed by atoms with Crippen LogP contribution in [0.25, 0.3) is 0 Å². The normalized spacial score (nSPS) is 22.4. The molecule has 1 aromatic rings. The first kappa shape index (κ1) is 16.4. The Morgan fingerprint density at radius 3 is 2.68 bits per heavy atom. The fourth-order valence-corrected chi connectivity index (χ4v) is 2.67. The summed E-state index contributed by atoms with van der Waals surface area (Å²) in [5.74, 6) is 1.86. The smallest absolute Gasteiger partial charge is 0.284 e. The van der Waals surface area contributed by atoms with Crippen molar-refractivity contribution in [2.75, 3.05) is 6.54 Å². The highest BCUT2D eigenvalue weighted by atomic mass is 16.3. The van der Waals surface area contributed by atoms with Crippen LogP contribution in [0.2, 0.25) is 0 Å². The molecule has 22 heavy (non-hydrogen) atoms. The van der Waals surface area contributed by atoms with Gasteiger partial charge in [0.05, 0.1) is 0 Å². The number of nitrogens with one attached hydrogen (secondary N) is 2. The molecule has 4 N–H and O–H groups in total. The zero-order valence-electron chi connectivity index (χ0n) is 13.4. The minimum atomic E-state index is -0.559. The predicted molar refractivity (Wildman–Crippen MR) is 86.6 cm³/mol. The zero-order chi connectivity index (χ0) is 15.9. The number of guanidine groups is 1. The number of amides is 1.